The lowest BCUT2D eigenvalue weighted by atomic mass is 10.2. The van der Waals surface area contributed by atoms with Crippen LogP contribution in [0.5, 0.6) is 0 Å². The molecule has 0 aliphatic carbocycles. The second-order valence-electron chi connectivity index (χ2n) is 3.61. The zero-order chi connectivity index (χ0) is 12.4. The molecular weight excluding hydrogens is 222 g/mol. The number of hydrogen-bond donors (Lipinski definition) is 1. The highest BCUT2D eigenvalue weighted by atomic mass is 16.6. The maximum atomic E-state index is 10.6. The van der Waals surface area contributed by atoms with Crippen LogP contribution in [0.25, 0.3) is 0 Å². The van der Waals surface area contributed by atoms with E-state index in [9.17, 15) is 10.1 Å². The molecular formula is C10H11N5O2. The standard InChI is InChI=1S/C10H11N5O2/c1-7-5-9(15(16)17)13-14(7)6-8-3-2-4-12-10(8)11/h2-5H,6H2,1H3,(H2,11,12). The monoisotopic (exact) mass is 233 g/mol. The first kappa shape index (κ1) is 11.1. The van der Waals surface area contributed by atoms with Crippen LogP contribution in [0.15, 0.2) is 24.4 Å². The van der Waals surface area contributed by atoms with E-state index in [-0.39, 0.29) is 5.82 Å². The van der Waals surface area contributed by atoms with Crippen molar-refractivity contribution in [1.82, 2.24) is 14.8 Å². The van der Waals surface area contributed by atoms with Gasteiger partial charge >= 0.3 is 5.82 Å². The Morgan fingerprint density at radius 3 is 2.94 bits per heavy atom. The van der Waals surface area contributed by atoms with E-state index in [1.807, 2.05) is 6.07 Å². The minimum atomic E-state index is -0.518. The quantitative estimate of drug-likeness (QED) is 0.632. The highest BCUT2D eigenvalue weighted by molar-refractivity contribution is 5.38. The third-order valence-electron chi connectivity index (χ3n) is 2.40. The number of nitrogens with two attached hydrogens (primary N) is 1. The number of hydrogen-bond acceptors (Lipinski definition) is 5. The Kier molecular flexibility index (Phi) is 2.73. The molecule has 0 saturated heterocycles. The molecule has 0 bridgehead atoms. The Morgan fingerprint density at radius 1 is 1.59 bits per heavy atom. The number of aromatic nitrogens is 3. The molecule has 0 radical (unpaired) electrons. The van der Waals surface area contributed by atoms with Crippen molar-refractivity contribution in [3.63, 3.8) is 0 Å². The smallest absolute Gasteiger partial charge is 0.383 e. The average Bonchev–Trinajstić information content (AvgIpc) is 2.64. The molecule has 7 nitrogen and oxygen atoms in total. The maximum Gasteiger partial charge on any atom is 0.390 e. The molecule has 0 unspecified atom stereocenters. The van der Waals surface area contributed by atoms with Crippen LogP contribution in [0.1, 0.15) is 11.3 Å². The van der Waals surface area contributed by atoms with E-state index >= 15 is 0 Å². The zero-order valence-electron chi connectivity index (χ0n) is 9.20. The van der Waals surface area contributed by atoms with Crippen molar-refractivity contribution < 1.29 is 4.92 Å². The summed E-state index contributed by atoms with van der Waals surface area (Å²) >= 11 is 0. The average molecular weight is 233 g/mol. The Morgan fingerprint density at radius 2 is 2.35 bits per heavy atom. The molecule has 0 aliphatic rings. The van der Waals surface area contributed by atoms with Crippen molar-refractivity contribution in [2.75, 3.05) is 5.73 Å². The lowest BCUT2D eigenvalue weighted by Gasteiger charge is -2.02. The number of pyridine rings is 1. The largest absolute Gasteiger partial charge is 0.390 e. The number of rotatable bonds is 3. The van der Waals surface area contributed by atoms with Crippen molar-refractivity contribution in [3.05, 3.63) is 45.8 Å². The highest BCUT2D eigenvalue weighted by Gasteiger charge is 2.16. The predicted molar refractivity (Wildman–Crippen MR) is 61.4 cm³/mol. The summed E-state index contributed by atoms with van der Waals surface area (Å²) in [5.74, 6) is 0.245. The lowest BCUT2D eigenvalue weighted by molar-refractivity contribution is -0.389. The molecule has 0 fully saturated rings. The number of aryl methyl sites for hydroxylation is 1. The third-order valence-corrected chi connectivity index (χ3v) is 2.40. The summed E-state index contributed by atoms with van der Waals surface area (Å²) in [6, 6.07) is 5.00. The van der Waals surface area contributed by atoms with E-state index in [1.165, 1.54) is 10.7 Å². The molecule has 88 valence electrons. The van der Waals surface area contributed by atoms with Gasteiger partial charge in [0, 0.05) is 11.8 Å². The topological polar surface area (TPSA) is 99.9 Å². The molecule has 2 aromatic rings. The molecule has 0 spiro atoms. The van der Waals surface area contributed by atoms with Gasteiger partial charge in [-0.2, -0.15) is 4.68 Å². The van der Waals surface area contributed by atoms with E-state index in [4.69, 9.17) is 5.73 Å². The molecule has 2 rings (SSSR count). The fourth-order valence-electron chi connectivity index (χ4n) is 1.49. The first-order valence-electron chi connectivity index (χ1n) is 4.96. The van der Waals surface area contributed by atoms with Crippen LogP contribution in [-0.4, -0.2) is 19.7 Å². The van der Waals surface area contributed by atoms with Crippen LogP contribution < -0.4 is 5.73 Å². The van der Waals surface area contributed by atoms with Crippen LogP contribution >= 0.6 is 0 Å². The minimum Gasteiger partial charge on any atom is -0.383 e. The second-order valence-corrected chi connectivity index (χ2v) is 3.61. The maximum absolute atomic E-state index is 10.6. The van der Waals surface area contributed by atoms with Crippen molar-refractivity contribution in [1.29, 1.82) is 0 Å². The number of nitro groups is 1. The molecule has 2 aromatic heterocycles. The number of anilines is 1. The summed E-state index contributed by atoms with van der Waals surface area (Å²) in [5, 5.41) is 14.5. The molecule has 2 N–H and O–H groups in total. The van der Waals surface area contributed by atoms with Crippen molar-refractivity contribution >= 4 is 11.6 Å². The van der Waals surface area contributed by atoms with Gasteiger partial charge in [-0.25, -0.2) is 4.98 Å². The first-order valence-corrected chi connectivity index (χ1v) is 4.96. The van der Waals surface area contributed by atoms with Gasteiger partial charge in [0.25, 0.3) is 0 Å². The van der Waals surface area contributed by atoms with Crippen LogP contribution in [0, 0.1) is 17.0 Å². The predicted octanol–water partition coefficient (Wildman–Crippen LogP) is 1.13. The fraction of sp³-hybridized carbons (Fsp3) is 0.200. The summed E-state index contributed by atoms with van der Waals surface area (Å²) in [4.78, 5) is 14.0. The van der Waals surface area contributed by atoms with Crippen LogP contribution in [-0.2, 0) is 6.54 Å². The van der Waals surface area contributed by atoms with Gasteiger partial charge in [-0.05, 0) is 17.9 Å². The van der Waals surface area contributed by atoms with Gasteiger partial charge in [0.05, 0.1) is 23.4 Å². The van der Waals surface area contributed by atoms with Crippen LogP contribution in [0.4, 0.5) is 11.6 Å². The lowest BCUT2D eigenvalue weighted by Crippen LogP contribution is -2.07. The highest BCUT2D eigenvalue weighted by Crippen LogP contribution is 2.14. The summed E-state index contributed by atoms with van der Waals surface area (Å²) in [6.45, 7) is 2.13. The molecule has 0 aliphatic heterocycles. The van der Waals surface area contributed by atoms with Crippen LogP contribution in [0.2, 0.25) is 0 Å². The molecule has 0 aromatic carbocycles. The summed E-state index contributed by atoms with van der Waals surface area (Å²) in [7, 11) is 0. The van der Waals surface area contributed by atoms with Gasteiger partial charge in [-0.1, -0.05) is 6.07 Å². The van der Waals surface area contributed by atoms with Gasteiger partial charge in [-0.15, -0.1) is 0 Å². The fourth-order valence-corrected chi connectivity index (χ4v) is 1.49. The molecule has 2 heterocycles. The Hall–Kier alpha value is -2.44. The molecule has 0 atom stereocenters. The van der Waals surface area contributed by atoms with Crippen molar-refractivity contribution in [2.45, 2.75) is 13.5 Å². The molecule has 0 amide bonds. The second kappa shape index (κ2) is 4.20. The first-order chi connectivity index (χ1) is 8.08. The third kappa shape index (κ3) is 2.22. The van der Waals surface area contributed by atoms with Gasteiger partial charge in [0.2, 0.25) is 0 Å². The summed E-state index contributed by atoms with van der Waals surface area (Å²) < 4.78 is 1.53. The van der Waals surface area contributed by atoms with Gasteiger partial charge in [-0.3, -0.25) is 0 Å². The minimum absolute atomic E-state index is 0.162. The van der Waals surface area contributed by atoms with Crippen molar-refractivity contribution in [3.8, 4) is 0 Å². The normalized spacial score (nSPS) is 10.4. The number of nitrogens with zero attached hydrogens (tertiary/aromatic N) is 4. The van der Waals surface area contributed by atoms with Gasteiger partial charge < -0.3 is 15.8 Å². The Balaban J connectivity index is 2.30. The Bertz CT molecular complexity index is 564. The van der Waals surface area contributed by atoms with Crippen LogP contribution in [0.3, 0.4) is 0 Å². The van der Waals surface area contributed by atoms with E-state index in [2.05, 4.69) is 10.1 Å². The Labute approximate surface area is 97.0 Å². The van der Waals surface area contributed by atoms with E-state index in [1.54, 1.807) is 19.2 Å². The summed E-state index contributed by atoms with van der Waals surface area (Å²) in [5.41, 5.74) is 7.19. The molecule has 7 heteroatoms. The summed E-state index contributed by atoms with van der Waals surface area (Å²) in [6.07, 6.45) is 1.59. The van der Waals surface area contributed by atoms with E-state index < -0.39 is 4.92 Å². The molecule has 0 saturated carbocycles. The molecule has 17 heavy (non-hydrogen) atoms. The van der Waals surface area contributed by atoms with Gasteiger partial charge in [0.1, 0.15) is 5.82 Å². The van der Waals surface area contributed by atoms with Crippen molar-refractivity contribution in [2.24, 2.45) is 0 Å². The van der Waals surface area contributed by atoms with E-state index in [0.29, 0.717) is 18.1 Å². The van der Waals surface area contributed by atoms with E-state index in [0.717, 1.165) is 5.56 Å². The SMILES string of the molecule is Cc1cc([N+](=O)[O-])nn1Cc1cccnc1N. The number of nitrogen functional groups attached to an aromatic ring is 1. The zero-order valence-corrected chi connectivity index (χ0v) is 9.20. The van der Waals surface area contributed by atoms with Gasteiger partial charge in [0.15, 0.2) is 0 Å².